The second-order valence-corrected chi connectivity index (χ2v) is 6.54. The van der Waals surface area contributed by atoms with Crippen molar-refractivity contribution in [3.63, 3.8) is 0 Å². The fourth-order valence-electron chi connectivity index (χ4n) is 3.03. The first-order chi connectivity index (χ1) is 12.2. The van der Waals surface area contributed by atoms with Gasteiger partial charge in [0, 0.05) is 11.1 Å². The summed E-state index contributed by atoms with van der Waals surface area (Å²) in [6, 6.07) is 3.61. The van der Waals surface area contributed by atoms with Crippen LogP contribution in [0.2, 0.25) is 0 Å². The third-order valence-electron chi connectivity index (χ3n) is 4.44. The maximum absolute atomic E-state index is 10.0. The average molecular weight is 348 g/mol. The molecule has 0 aliphatic rings. The highest BCUT2D eigenvalue weighted by Crippen LogP contribution is 2.23. The van der Waals surface area contributed by atoms with Crippen molar-refractivity contribution in [1.82, 2.24) is 0 Å². The molecule has 5 nitrogen and oxygen atoms in total. The SMILES string of the molecule is CCCCCCCCCCCCc1cc(/C=N\O)c(O)c(/C=N\O)c1. The summed E-state index contributed by atoms with van der Waals surface area (Å²) in [4.78, 5) is 0. The lowest BCUT2D eigenvalue weighted by Crippen LogP contribution is -1.95. The molecule has 0 amide bonds. The fourth-order valence-corrected chi connectivity index (χ4v) is 3.03. The van der Waals surface area contributed by atoms with Gasteiger partial charge in [0.1, 0.15) is 5.75 Å². The summed E-state index contributed by atoms with van der Waals surface area (Å²) in [5.74, 6) is -0.0533. The van der Waals surface area contributed by atoms with E-state index in [-0.39, 0.29) is 5.75 Å². The molecule has 1 aromatic carbocycles. The number of aryl methyl sites for hydroxylation is 1. The van der Waals surface area contributed by atoms with E-state index in [0.29, 0.717) is 11.1 Å². The maximum atomic E-state index is 10.0. The smallest absolute Gasteiger partial charge is 0.133 e. The van der Waals surface area contributed by atoms with Gasteiger partial charge in [0.2, 0.25) is 0 Å². The van der Waals surface area contributed by atoms with E-state index in [1.165, 1.54) is 70.2 Å². The van der Waals surface area contributed by atoms with E-state index >= 15 is 0 Å². The van der Waals surface area contributed by atoms with Gasteiger partial charge in [-0.2, -0.15) is 0 Å². The van der Waals surface area contributed by atoms with Crippen LogP contribution in [0.25, 0.3) is 0 Å². The lowest BCUT2D eigenvalue weighted by Gasteiger charge is -2.08. The van der Waals surface area contributed by atoms with Crippen LogP contribution in [0, 0.1) is 0 Å². The molecular formula is C20H32N2O3. The van der Waals surface area contributed by atoms with Gasteiger partial charge in [-0.3, -0.25) is 0 Å². The molecule has 0 fully saturated rings. The molecule has 0 unspecified atom stereocenters. The van der Waals surface area contributed by atoms with Gasteiger partial charge in [0.15, 0.2) is 0 Å². The molecule has 3 N–H and O–H groups in total. The molecule has 0 radical (unpaired) electrons. The first-order valence-electron chi connectivity index (χ1n) is 9.43. The van der Waals surface area contributed by atoms with Crippen molar-refractivity contribution in [2.75, 3.05) is 0 Å². The fraction of sp³-hybridized carbons (Fsp3) is 0.600. The van der Waals surface area contributed by atoms with Crippen LogP contribution in [0.1, 0.15) is 87.8 Å². The Balaban J connectivity index is 2.34. The molecule has 1 rings (SSSR count). The largest absolute Gasteiger partial charge is 0.507 e. The van der Waals surface area contributed by atoms with Crippen LogP contribution in [0.3, 0.4) is 0 Å². The third-order valence-corrected chi connectivity index (χ3v) is 4.44. The minimum absolute atomic E-state index is 0.0533. The van der Waals surface area contributed by atoms with E-state index in [1.54, 1.807) is 12.1 Å². The van der Waals surface area contributed by atoms with Gasteiger partial charge in [-0.25, -0.2) is 0 Å². The van der Waals surface area contributed by atoms with Crippen LogP contribution >= 0.6 is 0 Å². The molecule has 0 saturated carbocycles. The Hall–Kier alpha value is -2.04. The number of nitrogens with zero attached hydrogens (tertiary/aromatic N) is 2. The molecule has 25 heavy (non-hydrogen) atoms. The highest BCUT2D eigenvalue weighted by Gasteiger charge is 2.08. The van der Waals surface area contributed by atoms with E-state index in [0.717, 1.165) is 18.4 Å². The number of phenolic OH excluding ortho intramolecular Hbond substituents is 1. The van der Waals surface area contributed by atoms with Gasteiger partial charge in [-0.15, -0.1) is 0 Å². The van der Waals surface area contributed by atoms with Gasteiger partial charge in [-0.1, -0.05) is 75.0 Å². The maximum Gasteiger partial charge on any atom is 0.133 e. The van der Waals surface area contributed by atoms with Crippen LogP contribution in [-0.2, 0) is 6.42 Å². The number of phenols is 1. The first kappa shape index (κ1) is 21.0. The molecule has 0 heterocycles. The van der Waals surface area contributed by atoms with E-state index in [4.69, 9.17) is 10.4 Å². The van der Waals surface area contributed by atoms with Crippen molar-refractivity contribution in [3.05, 3.63) is 28.8 Å². The summed E-state index contributed by atoms with van der Waals surface area (Å²) in [5, 5.41) is 33.4. The van der Waals surface area contributed by atoms with Crippen molar-refractivity contribution >= 4 is 12.4 Å². The Bertz CT molecular complexity index is 509. The molecule has 0 aliphatic heterocycles. The summed E-state index contributed by atoms with van der Waals surface area (Å²) < 4.78 is 0. The molecule has 0 aliphatic carbocycles. The topological polar surface area (TPSA) is 85.4 Å². The van der Waals surface area contributed by atoms with Crippen molar-refractivity contribution < 1.29 is 15.5 Å². The number of benzene rings is 1. The summed E-state index contributed by atoms with van der Waals surface area (Å²) in [7, 11) is 0. The molecule has 0 saturated heterocycles. The molecule has 0 aromatic heterocycles. The lowest BCUT2D eigenvalue weighted by molar-refractivity contribution is 0.321. The highest BCUT2D eigenvalue weighted by atomic mass is 16.4. The number of oxime groups is 2. The summed E-state index contributed by atoms with van der Waals surface area (Å²) >= 11 is 0. The second-order valence-electron chi connectivity index (χ2n) is 6.54. The Morgan fingerprint density at radius 2 is 1.20 bits per heavy atom. The van der Waals surface area contributed by atoms with Crippen molar-refractivity contribution in [3.8, 4) is 5.75 Å². The first-order valence-corrected chi connectivity index (χ1v) is 9.43. The number of hydrogen-bond acceptors (Lipinski definition) is 5. The predicted molar refractivity (Wildman–Crippen MR) is 102 cm³/mol. The number of aromatic hydroxyl groups is 1. The van der Waals surface area contributed by atoms with Gasteiger partial charge in [-0.05, 0) is 30.5 Å². The number of unbranched alkanes of at least 4 members (excludes halogenated alkanes) is 9. The van der Waals surface area contributed by atoms with Crippen LogP contribution in [0.5, 0.6) is 5.75 Å². The molecule has 0 bridgehead atoms. The van der Waals surface area contributed by atoms with Crippen molar-refractivity contribution in [2.45, 2.75) is 77.6 Å². The molecular weight excluding hydrogens is 316 g/mol. The van der Waals surface area contributed by atoms with Gasteiger partial charge in [0.05, 0.1) is 12.4 Å². The van der Waals surface area contributed by atoms with E-state index in [1.807, 2.05) is 0 Å². The summed E-state index contributed by atoms with van der Waals surface area (Å²) in [5.41, 5.74) is 1.87. The molecule has 0 atom stereocenters. The molecule has 140 valence electrons. The Kier molecular flexibility index (Phi) is 11.2. The van der Waals surface area contributed by atoms with E-state index < -0.39 is 0 Å². The quantitative estimate of drug-likeness (QED) is 0.191. The number of rotatable bonds is 13. The normalized spacial score (nSPS) is 11.7. The Morgan fingerprint density at radius 1 is 0.760 bits per heavy atom. The minimum Gasteiger partial charge on any atom is -0.507 e. The van der Waals surface area contributed by atoms with Gasteiger partial charge < -0.3 is 15.5 Å². The standard InChI is InChI=1S/C20H32N2O3/c1-2-3-4-5-6-7-8-9-10-11-12-17-13-18(15-21-24)20(23)19(14-17)16-22-25/h13-16,23-25H,2-12H2,1H3/b21-15-,22-16-. The Labute approximate surface area is 151 Å². The molecule has 1 aromatic rings. The number of hydrogen-bond donors (Lipinski definition) is 3. The third kappa shape index (κ3) is 8.57. The molecule has 0 spiro atoms. The zero-order valence-corrected chi connectivity index (χ0v) is 15.3. The van der Waals surface area contributed by atoms with Crippen LogP contribution in [0.4, 0.5) is 0 Å². The zero-order valence-electron chi connectivity index (χ0n) is 15.3. The zero-order chi connectivity index (χ0) is 18.3. The Morgan fingerprint density at radius 3 is 1.64 bits per heavy atom. The van der Waals surface area contributed by atoms with Crippen LogP contribution in [0.15, 0.2) is 22.4 Å². The highest BCUT2D eigenvalue weighted by molar-refractivity contribution is 5.91. The minimum atomic E-state index is -0.0533. The van der Waals surface area contributed by atoms with Crippen molar-refractivity contribution in [2.24, 2.45) is 10.3 Å². The summed E-state index contributed by atoms with van der Waals surface area (Å²) in [6.45, 7) is 2.24. The van der Waals surface area contributed by atoms with Gasteiger partial charge in [0.25, 0.3) is 0 Å². The lowest BCUT2D eigenvalue weighted by atomic mass is 9.99. The summed E-state index contributed by atoms with van der Waals surface area (Å²) in [6.07, 6.45) is 16.1. The van der Waals surface area contributed by atoms with Gasteiger partial charge >= 0.3 is 0 Å². The predicted octanol–water partition coefficient (Wildman–Crippen LogP) is 5.47. The van der Waals surface area contributed by atoms with Crippen molar-refractivity contribution in [1.29, 1.82) is 0 Å². The van der Waals surface area contributed by atoms with Crippen LogP contribution < -0.4 is 0 Å². The monoisotopic (exact) mass is 348 g/mol. The van der Waals surface area contributed by atoms with E-state index in [2.05, 4.69) is 17.2 Å². The second kappa shape index (κ2) is 13.3. The van der Waals surface area contributed by atoms with Crippen LogP contribution in [-0.4, -0.2) is 28.0 Å². The molecule has 5 heteroatoms. The average Bonchev–Trinajstić information content (AvgIpc) is 2.61. The van der Waals surface area contributed by atoms with E-state index in [9.17, 15) is 5.11 Å².